The Morgan fingerprint density at radius 2 is 2.24 bits per heavy atom. The normalized spacial score (nSPS) is 12.4. The quantitative estimate of drug-likeness (QED) is 0.493. The van der Waals surface area contributed by atoms with E-state index in [1.54, 1.807) is 18.4 Å². The molecule has 1 rings (SSSR count). The van der Waals surface area contributed by atoms with E-state index < -0.39 is 15.7 Å². The number of halogens is 1. The third-order valence-electron chi connectivity index (χ3n) is 2.12. The second kappa shape index (κ2) is 6.83. The molecule has 1 N–H and O–H groups in total. The number of benzene rings is 1. The number of rotatable bonds is 6. The van der Waals surface area contributed by atoms with Crippen LogP contribution in [-0.4, -0.2) is 27.7 Å². The third-order valence-corrected chi connectivity index (χ3v) is 3.39. The zero-order valence-corrected chi connectivity index (χ0v) is 11.7. The summed E-state index contributed by atoms with van der Waals surface area (Å²) in [6, 6.07) is 4.83. The van der Waals surface area contributed by atoms with E-state index >= 15 is 0 Å². The standard InChI is InChI=1S/C10H13BrN2O3S/c1-17(16)5-4-12-7-8-6-9(11)2-3-10(8)13(14)15/h2-3,6,12H,4-5,7H2,1H3. The number of nitro benzene ring substituents is 1. The van der Waals surface area contributed by atoms with Gasteiger partial charge in [-0.3, -0.25) is 14.3 Å². The summed E-state index contributed by atoms with van der Waals surface area (Å²) >= 11 is 3.28. The SMILES string of the molecule is CS(=O)CCNCc1cc(Br)ccc1[N+](=O)[O-]. The van der Waals surface area contributed by atoms with Gasteiger partial charge in [0.15, 0.2) is 0 Å². The predicted octanol–water partition coefficient (Wildman–Crippen LogP) is 1.83. The summed E-state index contributed by atoms with van der Waals surface area (Å²) in [4.78, 5) is 10.4. The molecule has 7 heteroatoms. The molecule has 0 aliphatic heterocycles. The minimum absolute atomic E-state index is 0.0957. The molecule has 1 aromatic carbocycles. The summed E-state index contributed by atoms with van der Waals surface area (Å²) in [7, 11) is -0.848. The Hall–Kier alpha value is -0.790. The highest BCUT2D eigenvalue weighted by atomic mass is 79.9. The van der Waals surface area contributed by atoms with Gasteiger partial charge >= 0.3 is 0 Å². The van der Waals surface area contributed by atoms with Crippen molar-refractivity contribution in [3.63, 3.8) is 0 Å². The van der Waals surface area contributed by atoms with E-state index in [9.17, 15) is 14.3 Å². The van der Waals surface area contributed by atoms with E-state index in [0.717, 1.165) is 4.47 Å². The van der Waals surface area contributed by atoms with Crippen LogP contribution in [0.2, 0.25) is 0 Å². The first-order valence-corrected chi connectivity index (χ1v) is 7.46. The highest BCUT2D eigenvalue weighted by Gasteiger charge is 2.12. The zero-order valence-electron chi connectivity index (χ0n) is 9.31. The smallest absolute Gasteiger partial charge is 0.273 e. The van der Waals surface area contributed by atoms with Crippen LogP contribution in [0, 0.1) is 10.1 Å². The molecule has 0 heterocycles. The van der Waals surface area contributed by atoms with E-state index in [4.69, 9.17) is 0 Å². The maximum atomic E-state index is 10.8. The van der Waals surface area contributed by atoms with E-state index in [0.29, 0.717) is 24.4 Å². The summed E-state index contributed by atoms with van der Waals surface area (Å²) in [5, 5.41) is 13.8. The molecule has 0 bridgehead atoms. The molecule has 5 nitrogen and oxygen atoms in total. The molecule has 0 aliphatic carbocycles. The van der Waals surface area contributed by atoms with Gasteiger partial charge < -0.3 is 5.32 Å². The van der Waals surface area contributed by atoms with Gasteiger partial charge in [0.05, 0.1) is 4.92 Å². The molecule has 0 aliphatic rings. The monoisotopic (exact) mass is 320 g/mol. The average molecular weight is 321 g/mol. The average Bonchev–Trinajstić information content (AvgIpc) is 2.23. The Kier molecular flexibility index (Phi) is 5.73. The summed E-state index contributed by atoms with van der Waals surface area (Å²) in [6.07, 6.45) is 1.63. The van der Waals surface area contributed by atoms with Crippen molar-refractivity contribution in [1.82, 2.24) is 5.32 Å². The molecule has 1 unspecified atom stereocenters. The van der Waals surface area contributed by atoms with Gasteiger partial charge in [-0.15, -0.1) is 0 Å². The molecular formula is C10H13BrN2O3S. The lowest BCUT2D eigenvalue weighted by Crippen LogP contribution is -2.20. The molecule has 1 aromatic rings. The van der Waals surface area contributed by atoms with Crippen molar-refractivity contribution < 1.29 is 9.13 Å². The fourth-order valence-electron chi connectivity index (χ4n) is 1.31. The largest absolute Gasteiger partial charge is 0.311 e. The Morgan fingerprint density at radius 3 is 2.82 bits per heavy atom. The van der Waals surface area contributed by atoms with Gasteiger partial charge in [0.25, 0.3) is 5.69 Å². The van der Waals surface area contributed by atoms with E-state index in [1.807, 2.05) is 0 Å². The van der Waals surface area contributed by atoms with Crippen LogP contribution < -0.4 is 5.32 Å². The molecule has 0 saturated carbocycles. The number of nitrogens with one attached hydrogen (secondary N) is 1. The summed E-state index contributed by atoms with van der Waals surface area (Å²) in [5.74, 6) is 0.543. The molecule has 0 aromatic heterocycles. The van der Waals surface area contributed by atoms with Gasteiger partial charge in [-0.25, -0.2) is 0 Å². The third kappa shape index (κ3) is 4.93. The first kappa shape index (κ1) is 14.3. The van der Waals surface area contributed by atoms with E-state index in [1.165, 1.54) is 6.07 Å². The molecule has 0 amide bonds. The van der Waals surface area contributed by atoms with Crippen molar-refractivity contribution in [2.75, 3.05) is 18.6 Å². The van der Waals surface area contributed by atoms with Crippen LogP contribution in [0.5, 0.6) is 0 Å². The molecular weight excluding hydrogens is 308 g/mol. The Balaban J connectivity index is 2.65. The first-order chi connectivity index (χ1) is 8.00. The summed E-state index contributed by atoms with van der Waals surface area (Å²) in [5.41, 5.74) is 0.713. The van der Waals surface area contributed by atoms with Gasteiger partial charge in [-0.2, -0.15) is 0 Å². The second-order valence-electron chi connectivity index (χ2n) is 3.48. The Labute approximate surface area is 110 Å². The van der Waals surface area contributed by atoms with Crippen molar-refractivity contribution in [3.05, 3.63) is 38.3 Å². The molecule has 1 atom stereocenters. The van der Waals surface area contributed by atoms with Crippen LogP contribution in [-0.2, 0) is 17.3 Å². The van der Waals surface area contributed by atoms with Crippen LogP contribution in [0.3, 0.4) is 0 Å². The molecule has 17 heavy (non-hydrogen) atoms. The fourth-order valence-corrected chi connectivity index (χ4v) is 2.15. The van der Waals surface area contributed by atoms with Crippen molar-refractivity contribution in [1.29, 1.82) is 0 Å². The van der Waals surface area contributed by atoms with Crippen molar-refractivity contribution in [2.24, 2.45) is 0 Å². The van der Waals surface area contributed by atoms with Crippen LogP contribution in [0.1, 0.15) is 5.56 Å². The Bertz CT molecular complexity index is 440. The summed E-state index contributed by atoms with van der Waals surface area (Å²) < 4.78 is 11.6. The number of hydrogen-bond acceptors (Lipinski definition) is 4. The maximum absolute atomic E-state index is 10.8. The minimum Gasteiger partial charge on any atom is -0.311 e. The highest BCUT2D eigenvalue weighted by Crippen LogP contribution is 2.22. The fraction of sp³-hybridized carbons (Fsp3) is 0.400. The molecule has 0 saturated heterocycles. The predicted molar refractivity (Wildman–Crippen MR) is 71.4 cm³/mol. The minimum atomic E-state index is -0.848. The van der Waals surface area contributed by atoms with Crippen molar-refractivity contribution >= 4 is 32.4 Å². The van der Waals surface area contributed by atoms with Crippen molar-refractivity contribution in [2.45, 2.75) is 6.54 Å². The number of hydrogen-bond donors (Lipinski definition) is 1. The highest BCUT2D eigenvalue weighted by molar-refractivity contribution is 9.10. The Morgan fingerprint density at radius 1 is 1.53 bits per heavy atom. The van der Waals surface area contributed by atoms with Gasteiger partial charge in [0, 0.05) is 52.0 Å². The van der Waals surface area contributed by atoms with E-state index in [2.05, 4.69) is 21.2 Å². The first-order valence-electron chi connectivity index (χ1n) is 4.94. The van der Waals surface area contributed by atoms with E-state index in [-0.39, 0.29) is 5.69 Å². The van der Waals surface area contributed by atoms with Crippen LogP contribution >= 0.6 is 15.9 Å². The molecule has 0 radical (unpaired) electrons. The molecule has 0 spiro atoms. The van der Waals surface area contributed by atoms with Gasteiger partial charge in [-0.1, -0.05) is 15.9 Å². The van der Waals surface area contributed by atoms with Crippen LogP contribution in [0.25, 0.3) is 0 Å². The molecule has 0 fully saturated rings. The van der Waals surface area contributed by atoms with Gasteiger partial charge in [0.1, 0.15) is 0 Å². The van der Waals surface area contributed by atoms with Gasteiger partial charge in [0.2, 0.25) is 0 Å². The summed E-state index contributed by atoms with van der Waals surface area (Å²) in [6.45, 7) is 0.972. The lowest BCUT2D eigenvalue weighted by atomic mass is 10.2. The lowest BCUT2D eigenvalue weighted by molar-refractivity contribution is -0.385. The second-order valence-corrected chi connectivity index (χ2v) is 5.95. The number of nitro groups is 1. The zero-order chi connectivity index (χ0) is 12.8. The lowest BCUT2D eigenvalue weighted by Gasteiger charge is -2.05. The topological polar surface area (TPSA) is 72.2 Å². The van der Waals surface area contributed by atoms with Gasteiger partial charge in [-0.05, 0) is 12.1 Å². The van der Waals surface area contributed by atoms with Crippen LogP contribution in [0.15, 0.2) is 22.7 Å². The van der Waals surface area contributed by atoms with Crippen LogP contribution in [0.4, 0.5) is 5.69 Å². The number of nitrogens with zero attached hydrogens (tertiary/aromatic N) is 1. The molecule has 94 valence electrons. The maximum Gasteiger partial charge on any atom is 0.273 e. The van der Waals surface area contributed by atoms with Crippen molar-refractivity contribution in [3.8, 4) is 0 Å².